The van der Waals surface area contributed by atoms with E-state index in [1.165, 1.54) is 6.07 Å². The molecular weight excluding hydrogens is 445 g/mol. The molecule has 0 fully saturated rings. The first-order valence-corrected chi connectivity index (χ1v) is 12.0. The first-order chi connectivity index (χ1) is 16.9. The molecule has 0 aromatic heterocycles. The van der Waals surface area contributed by atoms with Gasteiger partial charge in [0, 0.05) is 25.1 Å². The fourth-order valence-corrected chi connectivity index (χ4v) is 4.74. The predicted molar refractivity (Wildman–Crippen MR) is 133 cm³/mol. The van der Waals surface area contributed by atoms with Gasteiger partial charge in [-0.05, 0) is 65.3 Å². The van der Waals surface area contributed by atoms with E-state index in [0.29, 0.717) is 55.0 Å². The van der Waals surface area contributed by atoms with Crippen molar-refractivity contribution in [2.75, 3.05) is 13.2 Å². The van der Waals surface area contributed by atoms with Gasteiger partial charge in [-0.15, -0.1) is 0 Å². The molecule has 1 aliphatic heterocycles. The van der Waals surface area contributed by atoms with Gasteiger partial charge in [-0.25, -0.2) is 4.39 Å². The van der Waals surface area contributed by atoms with Crippen LogP contribution in [-0.4, -0.2) is 35.0 Å². The minimum atomic E-state index is -0.925. The predicted octanol–water partition coefficient (Wildman–Crippen LogP) is 5.60. The van der Waals surface area contributed by atoms with Crippen molar-refractivity contribution in [1.29, 1.82) is 0 Å². The van der Waals surface area contributed by atoms with Crippen LogP contribution in [0.1, 0.15) is 48.4 Å². The summed E-state index contributed by atoms with van der Waals surface area (Å²) >= 11 is 0. The number of benzene rings is 3. The van der Waals surface area contributed by atoms with Gasteiger partial charge >= 0.3 is 5.97 Å². The highest BCUT2D eigenvalue weighted by molar-refractivity contribution is 5.80. The summed E-state index contributed by atoms with van der Waals surface area (Å²) < 4.78 is 20.6. The van der Waals surface area contributed by atoms with Crippen LogP contribution < -0.4 is 4.74 Å². The lowest BCUT2D eigenvalue weighted by Gasteiger charge is -2.32. The topological polar surface area (TPSA) is 66.8 Å². The average molecular weight is 476 g/mol. The second-order valence-corrected chi connectivity index (χ2v) is 8.97. The zero-order valence-electron chi connectivity index (χ0n) is 20.1. The molecule has 6 heteroatoms. The van der Waals surface area contributed by atoms with Crippen molar-refractivity contribution >= 4 is 11.9 Å². The molecule has 1 atom stereocenters. The molecule has 1 amide bonds. The van der Waals surface area contributed by atoms with Crippen molar-refractivity contribution in [2.45, 2.75) is 45.6 Å². The quantitative estimate of drug-likeness (QED) is 0.461. The zero-order chi connectivity index (χ0) is 24.9. The number of aliphatic carboxylic acids is 1. The van der Waals surface area contributed by atoms with Gasteiger partial charge in [0.15, 0.2) is 0 Å². The van der Waals surface area contributed by atoms with Gasteiger partial charge in [0.2, 0.25) is 5.91 Å². The summed E-state index contributed by atoms with van der Waals surface area (Å²) in [4.78, 5) is 26.3. The highest BCUT2D eigenvalue weighted by Crippen LogP contribution is 2.38. The smallest absolute Gasteiger partial charge is 0.307 e. The van der Waals surface area contributed by atoms with Gasteiger partial charge in [-0.3, -0.25) is 9.59 Å². The van der Waals surface area contributed by atoms with Crippen LogP contribution in [0.15, 0.2) is 60.7 Å². The van der Waals surface area contributed by atoms with Gasteiger partial charge in [-0.1, -0.05) is 49.4 Å². The molecule has 0 saturated heterocycles. The van der Waals surface area contributed by atoms with Crippen LogP contribution in [0.4, 0.5) is 4.39 Å². The highest BCUT2D eigenvalue weighted by Gasteiger charge is 2.27. The molecule has 35 heavy (non-hydrogen) atoms. The summed E-state index contributed by atoms with van der Waals surface area (Å²) in [5.41, 5.74) is 4.59. The number of halogens is 1. The molecule has 0 aliphatic carbocycles. The van der Waals surface area contributed by atoms with E-state index in [-0.39, 0.29) is 24.1 Å². The van der Waals surface area contributed by atoms with Crippen molar-refractivity contribution in [1.82, 2.24) is 4.90 Å². The van der Waals surface area contributed by atoms with Gasteiger partial charge in [-0.2, -0.15) is 0 Å². The van der Waals surface area contributed by atoms with Crippen molar-refractivity contribution in [2.24, 2.45) is 0 Å². The van der Waals surface area contributed by atoms with Crippen LogP contribution in [0.2, 0.25) is 0 Å². The summed E-state index contributed by atoms with van der Waals surface area (Å²) in [6.07, 6.45) is 0.687. The third kappa shape index (κ3) is 5.53. The number of carboxylic acids is 1. The standard InChI is InChI=1S/C29H30FNO4/c1-3-35-27-12-9-20(17-29(33)34)16-24(27)22-10-11-26(30)23-13-14-31(18-25(22)23)28(32)15-19(2)21-7-5-4-6-8-21/h4-12,16,19H,3,13-15,17-18H2,1-2H3,(H,33,34)/t19-/m1/s1. The van der Waals surface area contributed by atoms with E-state index in [2.05, 4.69) is 0 Å². The van der Waals surface area contributed by atoms with E-state index in [1.54, 1.807) is 29.2 Å². The Balaban J connectivity index is 1.66. The lowest BCUT2D eigenvalue weighted by atomic mass is 9.89. The molecule has 4 rings (SSSR count). The van der Waals surface area contributed by atoms with Crippen LogP contribution >= 0.6 is 0 Å². The Morgan fingerprint density at radius 2 is 1.83 bits per heavy atom. The van der Waals surface area contributed by atoms with Crippen LogP contribution in [-0.2, 0) is 29.0 Å². The zero-order valence-corrected chi connectivity index (χ0v) is 20.1. The van der Waals surface area contributed by atoms with E-state index in [1.807, 2.05) is 44.2 Å². The molecule has 0 unspecified atom stereocenters. The second-order valence-electron chi connectivity index (χ2n) is 8.97. The van der Waals surface area contributed by atoms with Gasteiger partial charge in [0.1, 0.15) is 11.6 Å². The molecule has 0 saturated carbocycles. The number of carbonyl (C=O) groups excluding carboxylic acids is 1. The Morgan fingerprint density at radius 3 is 2.54 bits per heavy atom. The van der Waals surface area contributed by atoms with E-state index in [4.69, 9.17) is 4.74 Å². The van der Waals surface area contributed by atoms with Gasteiger partial charge in [0.25, 0.3) is 0 Å². The summed E-state index contributed by atoms with van der Waals surface area (Å²) in [5.74, 6) is -0.489. The lowest BCUT2D eigenvalue weighted by Crippen LogP contribution is -2.37. The average Bonchev–Trinajstić information content (AvgIpc) is 2.85. The van der Waals surface area contributed by atoms with E-state index in [0.717, 1.165) is 16.7 Å². The number of fused-ring (bicyclic) bond motifs is 1. The van der Waals surface area contributed by atoms with Crippen molar-refractivity contribution in [3.05, 3.63) is 88.7 Å². The molecular formula is C29H30FNO4. The molecule has 1 N–H and O–H groups in total. The molecule has 0 bridgehead atoms. The number of ether oxygens (including phenoxy) is 1. The van der Waals surface area contributed by atoms with Crippen LogP contribution in [0, 0.1) is 5.82 Å². The molecule has 0 spiro atoms. The maximum atomic E-state index is 14.8. The maximum absolute atomic E-state index is 14.8. The maximum Gasteiger partial charge on any atom is 0.307 e. The molecule has 1 aliphatic rings. The van der Waals surface area contributed by atoms with Gasteiger partial charge < -0.3 is 14.7 Å². The monoisotopic (exact) mass is 475 g/mol. The Labute approximate surface area is 205 Å². The summed E-state index contributed by atoms with van der Waals surface area (Å²) in [7, 11) is 0. The molecule has 1 heterocycles. The molecule has 5 nitrogen and oxygen atoms in total. The lowest BCUT2D eigenvalue weighted by molar-refractivity contribution is -0.136. The van der Waals surface area contributed by atoms with Crippen molar-refractivity contribution < 1.29 is 23.8 Å². The normalized spacial score (nSPS) is 13.7. The number of rotatable bonds is 8. The van der Waals surface area contributed by atoms with Crippen LogP contribution in [0.3, 0.4) is 0 Å². The third-order valence-corrected chi connectivity index (χ3v) is 6.55. The summed E-state index contributed by atoms with van der Waals surface area (Å²) in [6.45, 7) is 5.13. The Kier molecular flexibility index (Phi) is 7.49. The van der Waals surface area contributed by atoms with Crippen molar-refractivity contribution in [3.8, 4) is 16.9 Å². The number of carbonyl (C=O) groups is 2. The first kappa shape index (κ1) is 24.5. The summed E-state index contributed by atoms with van der Waals surface area (Å²) in [6, 6.07) is 18.4. The number of hydrogen-bond donors (Lipinski definition) is 1. The molecule has 3 aromatic carbocycles. The minimum absolute atomic E-state index is 0.0341. The van der Waals surface area contributed by atoms with E-state index >= 15 is 0 Å². The number of nitrogens with zero attached hydrogens (tertiary/aromatic N) is 1. The Morgan fingerprint density at radius 1 is 1.06 bits per heavy atom. The summed E-state index contributed by atoms with van der Waals surface area (Å²) in [5, 5.41) is 9.25. The number of amides is 1. The Bertz CT molecular complexity index is 1220. The highest BCUT2D eigenvalue weighted by atomic mass is 19.1. The van der Waals surface area contributed by atoms with Crippen LogP contribution in [0.5, 0.6) is 5.75 Å². The minimum Gasteiger partial charge on any atom is -0.493 e. The molecule has 182 valence electrons. The second kappa shape index (κ2) is 10.7. The fraction of sp³-hybridized carbons (Fsp3) is 0.310. The largest absolute Gasteiger partial charge is 0.493 e. The fourth-order valence-electron chi connectivity index (χ4n) is 4.74. The van der Waals surface area contributed by atoms with E-state index < -0.39 is 5.97 Å². The SMILES string of the molecule is CCOc1ccc(CC(=O)O)cc1-c1ccc(F)c2c1CN(C(=O)C[C@@H](C)c1ccccc1)CC2. The third-order valence-electron chi connectivity index (χ3n) is 6.55. The number of carboxylic acid groups (broad SMARTS) is 1. The molecule has 3 aromatic rings. The van der Waals surface area contributed by atoms with Gasteiger partial charge in [0.05, 0.1) is 13.0 Å². The number of hydrogen-bond acceptors (Lipinski definition) is 3. The van der Waals surface area contributed by atoms with Crippen molar-refractivity contribution in [3.63, 3.8) is 0 Å². The first-order valence-electron chi connectivity index (χ1n) is 12.0. The molecule has 0 radical (unpaired) electrons. The van der Waals surface area contributed by atoms with E-state index in [9.17, 15) is 19.1 Å². The Hall–Kier alpha value is -3.67. The van der Waals surface area contributed by atoms with Crippen LogP contribution in [0.25, 0.3) is 11.1 Å².